The lowest BCUT2D eigenvalue weighted by atomic mass is 10.2. The summed E-state index contributed by atoms with van der Waals surface area (Å²) >= 11 is 0. The van der Waals surface area contributed by atoms with Gasteiger partial charge in [0.2, 0.25) is 5.91 Å². The molecule has 0 saturated carbocycles. The third-order valence-corrected chi connectivity index (χ3v) is 4.12. The SMILES string of the molecule is CC(C)(C)OC(=O)N1CCCC1C(=O)NCc1ncc2ccccn12. The largest absolute Gasteiger partial charge is 0.444 e. The molecule has 2 aromatic heterocycles. The van der Waals surface area contributed by atoms with E-state index in [0.29, 0.717) is 19.5 Å². The van der Waals surface area contributed by atoms with E-state index in [4.69, 9.17) is 4.74 Å². The molecule has 3 heterocycles. The quantitative estimate of drug-likeness (QED) is 0.927. The van der Waals surface area contributed by atoms with Gasteiger partial charge in [0.1, 0.15) is 17.5 Å². The van der Waals surface area contributed by atoms with Gasteiger partial charge in [-0.1, -0.05) is 6.07 Å². The number of carbonyl (C=O) groups excluding carboxylic acids is 2. The third-order valence-electron chi connectivity index (χ3n) is 4.12. The van der Waals surface area contributed by atoms with Gasteiger partial charge in [0, 0.05) is 12.7 Å². The van der Waals surface area contributed by atoms with E-state index in [-0.39, 0.29) is 5.91 Å². The lowest BCUT2D eigenvalue weighted by Gasteiger charge is -2.28. The number of imidazole rings is 1. The molecule has 1 fully saturated rings. The summed E-state index contributed by atoms with van der Waals surface area (Å²) in [6.07, 6.45) is 4.68. The Kier molecular flexibility index (Phi) is 4.65. The summed E-state index contributed by atoms with van der Waals surface area (Å²) < 4.78 is 7.33. The molecular weight excluding hydrogens is 320 g/mol. The highest BCUT2D eigenvalue weighted by molar-refractivity contribution is 5.86. The molecule has 1 aliphatic heterocycles. The molecule has 134 valence electrons. The Morgan fingerprint density at radius 3 is 2.92 bits per heavy atom. The average molecular weight is 344 g/mol. The normalized spacial score (nSPS) is 17.7. The number of pyridine rings is 1. The van der Waals surface area contributed by atoms with Crippen molar-refractivity contribution in [3.8, 4) is 0 Å². The zero-order chi connectivity index (χ0) is 18.0. The number of amides is 2. The minimum Gasteiger partial charge on any atom is -0.444 e. The average Bonchev–Trinajstić information content (AvgIpc) is 3.18. The van der Waals surface area contributed by atoms with Gasteiger partial charge in [0.05, 0.1) is 18.3 Å². The number of rotatable bonds is 3. The van der Waals surface area contributed by atoms with E-state index in [1.165, 1.54) is 4.90 Å². The fourth-order valence-electron chi connectivity index (χ4n) is 2.99. The number of aromatic nitrogens is 2. The molecule has 3 rings (SSSR count). The van der Waals surface area contributed by atoms with Crippen LogP contribution in [0.5, 0.6) is 0 Å². The maximum atomic E-state index is 12.6. The topological polar surface area (TPSA) is 75.9 Å². The van der Waals surface area contributed by atoms with Crippen LogP contribution in [-0.2, 0) is 16.1 Å². The van der Waals surface area contributed by atoms with Crippen LogP contribution in [0.4, 0.5) is 4.79 Å². The second kappa shape index (κ2) is 6.74. The summed E-state index contributed by atoms with van der Waals surface area (Å²) in [5.74, 6) is 0.585. The van der Waals surface area contributed by atoms with Crippen molar-refractivity contribution in [1.82, 2.24) is 19.6 Å². The van der Waals surface area contributed by atoms with Crippen molar-refractivity contribution in [2.75, 3.05) is 6.54 Å². The molecule has 7 nitrogen and oxygen atoms in total. The Balaban J connectivity index is 1.63. The Hall–Kier alpha value is -2.57. The maximum absolute atomic E-state index is 12.6. The first-order chi connectivity index (χ1) is 11.8. The van der Waals surface area contributed by atoms with Crippen molar-refractivity contribution in [3.05, 3.63) is 36.4 Å². The van der Waals surface area contributed by atoms with Gasteiger partial charge in [-0.3, -0.25) is 9.69 Å². The van der Waals surface area contributed by atoms with Gasteiger partial charge in [-0.15, -0.1) is 0 Å². The number of likely N-dealkylation sites (tertiary alicyclic amines) is 1. The third kappa shape index (κ3) is 3.92. The molecule has 0 bridgehead atoms. The molecule has 0 spiro atoms. The van der Waals surface area contributed by atoms with Gasteiger partial charge in [0.25, 0.3) is 0 Å². The number of nitrogens with zero attached hydrogens (tertiary/aromatic N) is 3. The number of hydrogen-bond acceptors (Lipinski definition) is 4. The van der Waals surface area contributed by atoms with Crippen LogP contribution in [0.2, 0.25) is 0 Å². The first-order valence-corrected chi connectivity index (χ1v) is 8.53. The van der Waals surface area contributed by atoms with E-state index in [2.05, 4.69) is 10.3 Å². The Morgan fingerprint density at radius 1 is 1.36 bits per heavy atom. The molecule has 1 unspecified atom stereocenters. The zero-order valence-corrected chi connectivity index (χ0v) is 14.9. The molecule has 1 atom stereocenters. The van der Waals surface area contributed by atoms with Crippen molar-refractivity contribution in [3.63, 3.8) is 0 Å². The van der Waals surface area contributed by atoms with E-state index in [0.717, 1.165) is 17.8 Å². The fourth-order valence-corrected chi connectivity index (χ4v) is 2.99. The second-order valence-electron chi connectivity index (χ2n) is 7.22. The van der Waals surface area contributed by atoms with Crippen LogP contribution in [0.3, 0.4) is 0 Å². The lowest BCUT2D eigenvalue weighted by Crippen LogP contribution is -2.47. The number of hydrogen-bond donors (Lipinski definition) is 1. The first kappa shape index (κ1) is 17.3. The van der Waals surface area contributed by atoms with Crippen LogP contribution in [0.1, 0.15) is 39.4 Å². The molecule has 25 heavy (non-hydrogen) atoms. The summed E-state index contributed by atoms with van der Waals surface area (Å²) in [5, 5.41) is 2.90. The number of ether oxygens (including phenoxy) is 1. The van der Waals surface area contributed by atoms with Gasteiger partial charge in [-0.25, -0.2) is 9.78 Å². The lowest BCUT2D eigenvalue weighted by molar-refractivity contribution is -0.125. The van der Waals surface area contributed by atoms with E-state index in [1.54, 1.807) is 6.20 Å². The van der Waals surface area contributed by atoms with Crippen LogP contribution in [0, 0.1) is 0 Å². The maximum Gasteiger partial charge on any atom is 0.410 e. The Morgan fingerprint density at radius 2 is 2.16 bits per heavy atom. The number of fused-ring (bicyclic) bond motifs is 1. The first-order valence-electron chi connectivity index (χ1n) is 8.53. The van der Waals surface area contributed by atoms with Gasteiger partial charge < -0.3 is 14.5 Å². The molecule has 1 aliphatic rings. The summed E-state index contributed by atoms with van der Waals surface area (Å²) in [5.41, 5.74) is 0.401. The van der Waals surface area contributed by atoms with Gasteiger partial charge in [-0.05, 0) is 45.7 Å². The number of carbonyl (C=O) groups is 2. The van der Waals surface area contributed by atoms with E-state index < -0.39 is 17.7 Å². The predicted octanol–water partition coefficient (Wildman–Crippen LogP) is 2.35. The van der Waals surface area contributed by atoms with E-state index >= 15 is 0 Å². The highest BCUT2D eigenvalue weighted by atomic mass is 16.6. The van der Waals surface area contributed by atoms with Crippen LogP contribution in [0.15, 0.2) is 30.6 Å². The van der Waals surface area contributed by atoms with Crippen LogP contribution >= 0.6 is 0 Å². The van der Waals surface area contributed by atoms with Crippen LogP contribution < -0.4 is 5.32 Å². The molecule has 1 N–H and O–H groups in total. The molecular formula is C18H24N4O3. The molecule has 0 aromatic carbocycles. The Labute approximate surface area is 147 Å². The van der Waals surface area contributed by atoms with Gasteiger partial charge in [0.15, 0.2) is 0 Å². The zero-order valence-electron chi connectivity index (χ0n) is 14.9. The standard InChI is InChI=1S/C18H24N4O3/c1-18(2,3)25-17(24)22-10-6-8-14(22)16(23)20-12-15-19-11-13-7-4-5-9-21(13)15/h4-5,7,9,11,14H,6,8,10,12H2,1-3H3,(H,20,23). The van der Waals surface area contributed by atoms with Crippen molar-refractivity contribution in [2.45, 2.75) is 51.8 Å². The molecule has 2 amide bonds. The van der Waals surface area contributed by atoms with Crippen molar-refractivity contribution >= 4 is 17.5 Å². The van der Waals surface area contributed by atoms with Crippen LogP contribution in [0.25, 0.3) is 5.52 Å². The second-order valence-corrected chi connectivity index (χ2v) is 7.22. The monoisotopic (exact) mass is 344 g/mol. The minimum absolute atomic E-state index is 0.170. The molecule has 0 aliphatic carbocycles. The molecule has 0 radical (unpaired) electrons. The van der Waals surface area contributed by atoms with Crippen molar-refractivity contribution < 1.29 is 14.3 Å². The smallest absolute Gasteiger partial charge is 0.410 e. The highest BCUT2D eigenvalue weighted by Crippen LogP contribution is 2.21. The molecule has 1 saturated heterocycles. The van der Waals surface area contributed by atoms with Gasteiger partial charge >= 0.3 is 6.09 Å². The molecule has 7 heteroatoms. The highest BCUT2D eigenvalue weighted by Gasteiger charge is 2.36. The van der Waals surface area contributed by atoms with Crippen molar-refractivity contribution in [2.24, 2.45) is 0 Å². The fraction of sp³-hybridized carbons (Fsp3) is 0.500. The van der Waals surface area contributed by atoms with Crippen molar-refractivity contribution in [1.29, 1.82) is 0 Å². The van der Waals surface area contributed by atoms with E-state index in [1.807, 2.05) is 49.6 Å². The summed E-state index contributed by atoms with van der Waals surface area (Å²) in [6, 6.07) is 5.33. The summed E-state index contributed by atoms with van der Waals surface area (Å²) in [4.78, 5) is 30.7. The summed E-state index contributed by atoms with van der Waals surface area (Å²) in [7, 11) is 0. The Bertz CT molecular complexity index is 778. The van der Waals surface area contributed by atoms with Crippen LogP contribution in [-0.4, -0.2) is 44.5 Å². The molecule has 2 aromatic rings. The summed E-state index contributed by atoms with van der Waals surface area (Å²) in [6.45, 7) is 6.31. The van der Waals surface area contributed by atoms with E-state index in [9.17, 15) is 9.59 Å². The minimum atomic E-state index is -0.574. The van der Waals surface area contributed by atoms with Gasteiger partial charge in [-0.2, -0.15) is 0 Å². The number of nitrogens with one attached hydrogen (secondary N) is 1. The predicted molar refractivity (Wildman–Crippen MR) is 93.0 cm³/mol.